The van der Waals surface area contributed by atoms with Gasteiger partial charge in [0.2, 0.25) is 5.91 Å². The van der Waals surface area contributed by atoms with Crippen molar-refractivity contribution in [3.8, 4) is 17.1 Å². The predicted octanol–water partition coefficient (Wildman–Crippen LogP) is 2.61. The van der Waals surface area contributed by atoms with Crippen molar-refractivity contribution < 1.29 is 9.53 Å². The predicted molar refractivity (Wildman–Crippen MR) is 88.1 cm³/mol. The number of aromatic nitrogens is 2. The molecule has 23 heavy (non-hydrogen) atoms. The summed E-state index contributed by atoms with van der Waals surface area (Å²) in [6.45, 7) is 4.47. The Morgan fingerprint density at radius 3 is 2.87 bits per heavy atom. The third-order valence-corrected chi connectivity index (χ3v) is 4.20. The molecule has 2 heterocycles. The summed E-state index contributed by atoms with van der Waals surface area (Å²) in [5.74, 6) is 1.61. The second kappa shape index (κ2) is 6.77. The first-order valence-electron chi connectivity index (χ1n) is 8.02. The normalized spacial score (nSPS) is 17.2. The zero-order valence-corrected chi connectivity index (χ0v) is 13.5. The number of amides is 1. The van der Waals surface area contributed by atoms with Crippen LogP contribution in [0.15, 0.2) is 36.7 Å². The second-order valence-electron chi connectivity index (χ2n) is 5.86. The molecule has 3 rings (SSSR count). The zero-order chi connectivity index (χ0) is 16.2. The van der Waals surface area contributed by atoms with Crippen molar-refractivity contribution in [3.63, 3.8) is 0 Å². The van der Waals surface area contributed by atoms with Gasteiger partial charge in [0.05, 0.1) is 12.1 Å². The first-order chi connectivity index (χ1) is 11.2. The monoisotopic (exact) mass is 311 g/mol. The number of hydrogen-bond acceptors (Lipinski definition) is 4. The highest BCUT2D eigenvalue weighted by Gasteiger charge is 2.27. The molecule has 1 aliphatic rings. The largest absolute Gasteiger partial charge is 0.487 e. The molecule has 0 bridgehead atoms. The maximum atomic E-state index is 11.9. The van der Waals surface area contributed by atoms with Crippen molar-refractivity contribution in [3.05, 3.63) is 42.2 Å². The number of nitrogens with one attached hydrogen (secondary N) is 1. The van der Waals surface area contributed by atoms with Crippen LogP contribution in [0, 0.1) is 5.92 Å². The van der Waals surface area contributed by atoms with E-state index in [1.165, 1.54) is 0 Å². The molecule has 5 nitrogen and oxygen atoms in total. The molecule has 1 aromatic carbocycles. The van der Waals surface area contributed by atoms with E-state index in [1.54, 1.807) is 18.5 Å². The lowest BCUT2D eigenvalue weighted by Gasteiger charge is -2.15. The molecule has 0 unspecified atom stereocenters. The van der Waals surface area contributed by atoms with Crippen LogP contribution in [0.3, 0.4) is 0 Å². The Bertz CT molecular complexity index is 688. The van der Waals surface area contributed by atoms with Crippen LogP contribution in [-0.2, 0) is 11.2 Å². The van der Waals surface area contributed by atoms with Gasteiger partial charge in [0.15, 0.2) is 5.82 Å². The Morgan fingerprint density at radius 2 is 2.13 bits per heavy atom. The summed E-state index contributed by atoms with van der Waals surface area (Å²) in [6.07, 6.45) is 5.04. The molecule has 0 spiro atoms. The van der Waals surface area contributed by atoms with E-state index in [0.29, 0.717) is 12.4 Å². The van der Waals surface area contributed by atoms with E-state index < -0.39 is 0 Å². The summed E-state index contributed by atoms with van der Waals surface area (Å²) in [5, 5.41) is 2.97. The van der Waals surface area contributed by atoms with Gasteiger partial charge < -0.3 is 10.1 Å². The molecule has 2 atom stereocenters. The summed E-state index contributed by atoms with van der Waals surface area (Å²) in [7, 11) is 0. The standard InChI is InChI=1S/C18H21N3O2/c1-3-12(2)18(22)21-11-14-10-13-6-4-7-15(16(13)23-14)17-19-8-5-9-20-17/h4-9,12,14H,3,10-11H2,1-2H3,(H,21,22)/t12-,14-/m1/s1. The first-order valence-corrected chi connectivity index (χ1v) is 8.02. The Labute approximate surface area is 136 Å². The van der Waals surface area contributed by atoms with Gasteiger partial charge in [-0.15, -0.1) is 0 Å². The lowest BCUT2D eigenvalue weighted by atomic mass is 10.1. The third kappa shape index (κ3) is 3.33. The fraction of sp³-hybridized carbons (Fsp3) is 0.389. The van der Waals surface area contributed by atoms with Gasteiger partial charge in [-0.25, -0.2) is 9.97 Å². The highest BCUT2D eigenvalue weighted by atomic mass is 16.5. The molecule has 0 saturated heterocycles. The molecule has 1 aliphatic heterocycles. The third-order valence-electron chi connectivity index (χ3n) is 4.20. The van der Waals surface area contributed by atoms with E-state index in [1.807, 2.05) is 26.0 Å². The Hall–Kier alpha value is -2.43. The van der Waals surface area contributed by atoms with Crippen LogP contribution in [-0.4, -0.2) is 28.5 Å². The number of carbonyl (C=O) groups is 1. The van der Waals surface area contributed by atoms with Gasteiger partial charge in [-0.1, -0.05) is 26.0 Å². The van der Waals surface area contributed by atoms with Crippen LogP contribution in [0.4, 0.5) is 0 Å². The van der Waals surface area contributed by atoms with E-state index in [9.17, 15) is 4.79 Å². The van der Waals surface area contributed by atoms with Crippen LogP contribution in [0.25, 0.3) is 11.4 Å². The molecule has 120 valence electrons. The minimum atomic E-state index is -0.0390. The minimum absolute atomic E-state index is 0.0343. The van der Waals surface area contributed by atoms with E-state index in [2.05, 4.69) is 21.4 Å². The Balaban J connectivity index is 1.71. The van der Waals surface area contributed by atoms with E-state index in [4.69, 9.17) is 4.74 Å². The van der Waals surface area contributed by atoms with Crippen LogP contribution >= 0.6 is 0 Å². The number of para-hydroxylation sites is 1. The summed E-state index contributed by atoms with van der Waals surface area (Å²) >= 11 is 0. The lowest BCUT2D eigenvalue weighted by molar-refractivity contribution is -0.124. The molecule has 0 radical (unpaired) electrons. The summed E-state index contributed by atoms with van der Waals surface area (Å²) in [6, 6.07) is 7.81. The summed E-state index contributed by atoms with van der Waals surface area (Å²) < 4.78 is 6.06. The maximum Gasteiger partial charge on any atom is 0.222 e. The van der Waals surface area contributed by atoms with Crippen molar-refractivity contribution in [1.29, 1.82) is 0 Å². The molecule has 0 aliphatic carbocycles. The second-order valence-corrected chi connectivity index (χ2v) is 5.86. The average Bonchev–Trinajstić information content (AvgIpc) is 3.02. The highest BCUT2D eigenvalue weighted by molar-refractivity contribution is 5.78. The SMILES string of the molecule is CC[C@@H](C)C(=O)NC[C@H]1Cc2cccc(-c3ncccn3)c2O1. The number of fused-ring (bicyclic) bond motifs is 1. The number of ether oxygens (including phenoxy) is 1. The van der Waals surface area contributed by atoms with Gasteiger partial charge in [-0.05, 0) is 24.1 Å². The smallest absolute Gasteiger partial charge is 0.222 e. The van der Waals surface area contributed by atoms with Crippen molar-refractivity contribution in [2.45, 2.75) is 32.8 Å². The number of hydrogen-bond donors (Lipinski definition) is 1. The molecule has 2 aromatic rings. The number of nitrogens with zero attached hydrogens (tertiary/aromatic N) is 2. The molecule has 5 heteroatoms. The number of benzene rings is 1. The van der Waals surface area contributed by atoms with Gasteiger partial charge >= 0.3 is 0 Å². The van der Waals surface area contributed by atoms with Gasteiger partial charge in [0, 0.05) is 24.7 Å². The zero-order valence-electron chi connectivity index (χ0n) is 13.5. The van der Waals surface area contributed by atoms with E-state index in [-0.39, 0.29) is 17.9 Å². The summed E-state index contributed by atoms with van der Waals surface area (Å²) in [4.78, 5) is 20.5. The van der Waals surface area contributed by atoms with Crippen LogP contribution < -0.4 is 10.1 Å². The lowest BCUT2D eigenvalue weighted by Crippen LogP contribution is -2.37. The molecule has 0 fully saturated rings. The fourth-order valence-electron chi connectivity index (χ4n) is 2.64. The average molecular weight is 311 g/mol. The highest BCUT2D eigenvalue weighted by Crippen LogP contribution is 2.37. The molecular formula is C18H21N3O2. The molecular weight excluding hydrogens is 290 g/mol. The van der Waals surface area contributed by atoms with Gasteiger partial charge in [-0.3, -0.25) is 4.79 Å². The molecule has 1 N–H and O–H groups in total. The number of carbonyl (C=O) groups excluding carboxylic acids is 1. The molecule has 0 saturated carbocycles. The van der Waals surface area contributed by atoms with Crippen LogP contribution in [0.5, 0.6) is 5.75 Å². The van der Waals surface area contributed by atoms with Crippen LogP contribution in [0.2, 0.25) is 0 Å². The van der Waals surface area contributed by atoms with Gasteiger partial charge in [0.1, 0.15) is 11.9 Å². The minimum Gasteiger partial charge on any atom is -0.487 e. The molecule has 1 amide bonds. The van der Waals surface area contributed by atoms with Crippen molar-refractivity contribution in [2.75, 3.05) is 6.54 Å². The van der Waals surface area contributed by atoms with Gasteiger partial charge in [0.25, 0.3) is 0 Å². The maximum absolute atomic E-state index is 11.9. The van der Waals surface area contributed by atoms with Gasteiger partial charge in [-0.2, -0.15) is 0 Å². The number of rotatable bonds is 5. The van der Waals surface area contributed by atoms with E-state index in [0.717, 1.165) is 29.7 Å². The van der Waals surface area contributed by atoms with Crippen molar-refractivity contribution in [2.24, 2.45) is 5.92 Å². The topological polar surface area (TPSA) is 64.1 Å². The van der Waals surface area contributed by atoms with Crippen LogP contribution in [0.1, 0.15) is 25.8 Å². The summed E-state index contributed by atoms with van der Waals surface area (Å²) in [5.41, 5.74) is 2.04. The quantitative estimate of drug-likeness (QED) is 0.922. The Morgan fingerprint density at radius 1 is 1.35 bits per heavy atom. The molecule has 1 aromatic heterocycles. The fourth-order valence-corrected chi connectivity index (χ4v) is 2.64. The Kier molecular flexibility index (Phi) is 4.55. The van der Waals surface area contributed by atoms with E-state index >= 15 is 0 Å². The van der Waals surface area contributed by atoms with Crippen molar-refractivity contribution >= 4 is 5.91 Å². The van der Waals surface area contributed by atoms with Crippen molar-refractivity contribution in [1.82, 2.24) is 15.3 Å². The first kappa shape index (κ1) is 15.5.